The maximum atomic E-state index is 12.7. The van der Waals surface area contributed by atoms with Crippen molar-refractivity contribution in [1.29, 1.82) is 0 Å². The van der Waals surface area contributed by atoms with Crippen molar-refractivity contribution in [3.05, 3.63) is 71.3 Å². The normalized spacial score (nSPS) is 13.5. The average Bonchev–Trinajstić information content (AvgIpc) is 2.92. The number of hydrogen-bond acceptors (Lipinski definition) is 6. The van der Waals surface area contributed by atoms with Crippen LogP contribution in [0.3, 0.4) is 0 Å². The van der Waals surface area contributed by atoms with Gasteiger partial charge < -0.3 is 24.6 Å². The highest BCUT2D eigenvalue weighted by Crippen LogP contribution is 2.12. The molecule has 1 aliphatic heterocycles. The molecule has 9 nitrogen and oxygen atoms in total. The molecule has 9 heteroatoms. The third-order valence-electron chi connectivity index (χ3n) is 6.26. The zero-order chi connectivity index (χ0) is 28.3. The molecule has 0 saturated carbocycles. The Bertz CT molecular complexity index is 1100. The molecule has 1 fully saturated rings. The van der Waals surface area contributed by atoms with Crippen LogP contribution in [0.25, 0.3) is 0 Å². The Morgan fingerprint density at radius 2 is 1.31 bits per heavy atom. The Morgan fingerprint density at radius 3 is 1.90 bits per heavy atom. The number of esters is 1. The molecule has 2 aromatic carbocycles. The zero-order valence-corrected chi connectivity index (χ0v) is 23.1. The molecule has 210 valence electrons. The quantitative estimate of drug-likeness (QED) is 0.462. The monoisotopic (exact) mass is 537 g/mol. The summed E-state index contributed by atoms with van der Waals surface area (Å²) in [6, 6.07) is 17.2. The third-order valence-corrected chi connectivity index (χ3v) is 6.26. The number of alkyl carbamates (subject to hydrolysis) is 1. The maximum Gasteiger partial charge on any atom is 0.407 e. The van der Waals surface area contributed by atoms with Gasteiger partial charge in [-0.2, -0.15) is 0 Å². The van der Waals surface area contributed by atoms with Crippen molar-refractivity contribution in [2.45, 2.75) is 65.2 Å². The summed E-state index contributed by atoms with van der Waals surface area (Å²) in [5.41, 5.74) is 2.35. The van der Waals surface area contributed by atoms with E-state index in [0.29, 0.717) is 45.6 Å². The number of carbonyl (C=O) groups excluding carboxylic acids is 4. The van der Waals surface area contributed by atoms with Gasteiger partial charge in [0.2, 0.25) is 11.8 Å². The van der Waals surface area contributed by atoms with Crippen molar-refractivity contribution in [2.75, 3.05) is 26.2 Å². The van der Waals surface area contributed by atoms with E-state index in [1.54, 1.807) is 9.80 Å². The number of nitrogens with zero attached hydrogens (tertiary/aromatic N) is 2. The first-order chi connectivity index (χ1) is 18.6. The molecule has 0 bridgehead atoms. The maximum absolute atomic E-state index is 12.7. The van der Waals surface area contributed by atoms with Crippen molar-refractivity contribution in [1.82, 2.24) is 15.1 Å². The fourth-order valence-corrected chi connectivity index (χ4v) is 4.10. The van der Waals surface area contributed by atoms with Crippen molar-refractivity contribution in [3.8, 4) is 0 Å². The molecule has 0 aromatic heterocycles. The number of carbonyl (C=O) groups is 4. The SMILES string of the molecule is CC(C)(C)OC(=O)NCc1ccc(CCC(=O)N2CCN(C(=O)CCC(=O)OCc3ccccc3)CC2)cc1. The number of hydrogen-bond donors (Lipinski definition) is 1. The van der Waals surface area contributed by atoms with Crippen LogP contribution in [0.5, 0.6) is 0 Å². The van der Waals surface area contributed by atoms with Crippen LogP contribution in [-0.2, 0) is 43.4 Å². The van der Waals surface area contributed by atoms with E-state index in [-0.39, 0.29) is 31.3 Å². The molecule has 39 heavy (non-hydrogen) atoms. The van der Waals surface area contributed by atoms with Gasteiger partial charge in [0.1, 0.15) is 12.2 Å². The van der Waals surface area contributed by atoms with Crippen molar-refractivity contribution < 1.29 is 28.7 Å². The lowest BCUT2D eigenvalue weighted by Crippen LogP contribution is -2.50. The molecule has 3 amide bonds. The number of aryl methyl sites for hydroxylation is 1. The molecule has 2 aromatic rings. The molecule has 1 saturated heterocycles. The van der Waals surface area contributed by atoms with Crippen molar-refractivity contribution in [2.24, 2.45) is 0 Å². The summed E-state index contributed by atoms with van der Waals surface area (Å²) < 4.78 is 10.5. The van der Waals surface area contributed by atoms with E-state index in [2.05, 4.69) is 5.32 Å². The van der Waals surface area contributed by atoms with Crippen molar-refractivity contribution >= 4 is 23.9 Å². The predicted octanol–water partition coefficient (Wildman–Crippen LogP) is 3.84. The molecule has 3 rings (SSSR count). The van der Waals surface area contributed by atoms with E-state index in [0.717, 1.165) is 16.7 Å². The third kappa shape index (κ3) is 10.8. The van der Waals surface area contributed by atoms with Gasteiger partial charge in [0.25, 0.3) is 0 Å². The Kier molecular flexibility index (Phi) is 10.9. The number of rotatable bonds is 10. The van der Waals surface area contributed by atoms with E-state index in [9.17, 15) is 19.2 Å². The van der Waals surface area contributed by atoms with Gasteiger partial charge in [-0.05, 0) is 43.9 Å². The van der Waals surface area contributed by atoms with Crippen LogP contribution in [0, 0.1) is 0 Å². The van der Waals surface area contributed by atoms with Gasteiger partial charge in [-0.1, -0.05) is 54.6 Å². The second-order valence-electron chi connectivity index (χ2n) is 10.6. The predicted molar refractivity (Wildman–Crippen MR) is 146 cm³/mol. The fraction of sp³-hybridized carbons (Fsp3) is 0.467. The van der Waals surface area contributed by atoms with E-state index >= 15 is 0 Å². The summed E-state index contributed by atoms with van der Waals surface area (Å²) >= 11 is 0. The molecular weight excluding hydrogens is 498 g/mol. The molecule has 1 aliphatic rings. The molecule has 0 aliphatic carbocycles. The van der Waals surface area contributed by atoms with E-state index in [1.807, 2.05) is 75.4 Å². The van der Waals surface area contributed by atoms with Gasteiger partial charge in [-0.25, -0.2) is 4.79 Å². The van der Waals surface area contributed by atoms with E-state index in [1.165, 1.54) is 0 Å². The zero-order valence-electron chi connectivity index (χ0n) is 23.1. The van der Waals surface area contributed by atoms with Gasteiger partial charge in [0.05, 0.1) is 6.42 Å². The minimum absolute atomic E-state index is 0.0423. The first kappa shape index (κ1) is 29.7. The second kappa shape index (κ2) is 14.3. The Morgan fingerprint density at radius 1 is 0.744 bits per heavy atom. The number of benzene rings is 2. The Hall–Kier alpha value is -3.88. The summed E-state index contributed by atoms with van der Waals surface area (Å²) in [6.07, 6.45) is 0.686. The lowest BCUT2D eigenvalue weighted by Gasteiger charge is -2.35. The summed E-state index contributed by atoms with van der Waals surface area (Å²) in [5.74, 6) is -0.435. The number of ether oxygens (including phenoxy) is 2. The summed E-state index contributed by atoms with van der Waals surface area (Å²) in [4.78, 5) is 52.5. The fourth-order valence-electron chi connectivity index (χ4n) is 4.10. The highest BCUT2D eigenvalue weighted by molar-refractivity contribution is 5.82. The van der Waals surface area contributed by atoms with E-state index in [4.69, 9.17) is 9.47 Å². The van der Waals surface area contributed by atoms with Gasteiger partial charge in [-0.15, -0.1) is 0 Å². The largest absolute Gasteiger partial charge is 0.461 e. The Labute approximate surface area is 230 Å². The van der Waals surface area contributed by atoms with Crippen LogP contribution in [-0.4, -0.2) is 65.5 Å². The smallest absolute Gasteiger partial charge is 0.407 e. The number of amides is 3. The van der Waals surface area contributed by atoms with E-state index < -0.39 is 17.7 Å². The second-order valence-corrected chi connectivity index (χ2v) is 10.6. The Balaban J connectivity index is 1.31. The van der Waals surface area contributed by atoms with Crippen molar-refractivity contribution in [3.63, 3.8) is 0 Å². The molecule has 0 spiro atoms. The first-order valence-electron chi connectivity index (χ1n) is 13.4. The van der Waals surface area contributed by atoms with Crippen LogP contribution < -0.4 is 5.32 Å². The summed E-state index contributed by atoms with van der Waals surface area (Å²) in [5, 5.41) is 2.73. The van der Waals surface area contributed by atoms with Gasteiger partial charge in [-0.3, -0.25) is 14.4 Å². The highest BCUT2D eigenvalue weighted by atomic mass is 16.6. The molecule has 0 atom stereocenters. The average molecular weight is 538 g/mol. The first-order valence-corrected chi connectivity index (χ1v) is 13.4. The molecule has 0 radical (unpaired) electrons. The van der Waals surface area contributed by atoms with Gasteiger partial charge in [0, 0.05) is 45.6 Å². The number of piperazine rings is 1. The minimum Gasteiger partial charge on any atom is -0.461 e. The van der Waals surface area contributed by atoms with Gasteiger partial charge >= 0.3 is 12.1 Å². The van der Waals surface area contributed by atoms with Crippen LogP contribution in [0.1, 0.15) is 56.7 Å². The topological polar surface area (TPSA) is 105 Å². The van der Waals surface area contributed by atoms with Gasteiger partial charge in [0.15, 0.2) is 0 Å². The molecule has 1 N–H and O–H groups in total. The standard InChI is InChI=1S/C30H39N3O6/c1-30(2,3)39-29(37)31-21-24-11-9-23(10-12-24)13-14-26(34)32-17-19-33(20-18-32)27(35)15-16-28(36)38-22-25-7-5-4-6-8-25/h4-12H,13-22H2,1-3H3,(H,31,37). The minimum atomic E-state index is -0.540. The summed E-state index contributed by atoms with van der Waals surface area (Å²) in [7, 11) is 0. The van der Waals surface area contributed by atoms with Crippen LogP contribution in [0.15, 0.2) is 54.6 Å². The molecule has 0 unspecified atom stereocenters. The van der Waals surface area contributed by atoms with Crippen LogP contribution >= 0.6 is 0 Å². The number of nitrogens with one attached hydrogen (secondary N) is 1. The summed E-state index contributed by atoms with van der Waals surface area (Å²) in [6.45, 7) is 7.91. The van der Waals surface area contributed by atoms with Crippen LogP contribution in [0.4, 0.5) is 4.79 Å². The lowest BCUT2D eigenvalue weighted by atomic mass is 10.1. The molecular formula is C30H39N3O6. The highest BCUT2D eigenvalue weighted by Gasteiger charge is 2.24. The molecule has 1 heterocycles. The lowest BCUT2D eigenvalue weighted by molar-refractivity contribution is -0.147. The van der Waals surface area contributed by atoms with Crippen LogP contribution in [0.2, 0.25) is 0 Å².